The summed E-state index contributed by atoms with van der Waals surface area (Å²) in [4.78, 5) is 5.60. The Hall–Kier alpha value is -1.58. The van der Waals surface area contributed by atoms with E-state index in [4.69, 9.17) is 23.8 Å². The first-order valence-corrected chi connectivity index (χ1v) is 7.87. The van der Waals surface area contributed by atoms with Crippen LogP contribution in [0.5, 0.6) is 0 Å². The van der Waals surface area contributed by atoms with Gasteiger partial charge in [-0.25, -0.2) is 0 Å². The van der Waals surface area contributed by atoms with Gasteiger partial charge in [0, 0.05) is 42.5 Å². The van der Waals surface area contributed by atoms with Crippen molar-refractivity contribution in [2.45, 2.75) is 0 Å². The van der Waals surface area contributed by atoms with E-state index < -0.39 is 0 Å². The molecule has 0 aliphatic carbocycles. The number of anilines is 1. The molecule has 3 rings (SSSR count). The Morgan fingerprint density at radius 2 is 1.48 bits per heavy atom. The highest BCUT2D eigenvalue weighted by atomic mass is 35.5. The van der Waals surface area contributed by atoms with Gasteiger partial charge in [0.05, 0.1) is 0 Å². The summed E-state index contributed by atoms with van der Waals surface area (Å²) in [5.74, 6) is 0. The number of hydrogen-bond donors (Lipinski definition) is 0. The van der Waals surface area contributed by atoms with Gasteiger partial charge in [-0.05, 0) is 24.3 Å². The summed E-state index contributed by atoms with van der Waals surface area (Å²) in [5.41, 5.74) is 2.36. The molecular formula is C17H17ClN2S. The maximum atomic E-state index is 5.93. The fourth-order valence-electron chi connectivity index (χ4n) is 2.58. The van der Waals surface area contributed by atoms with Crippen molar-refractivity contribution in [3.63, 3.8) is 0 Å². The third kappa shape index (κ3) is 3.36. The van der Waals surface area contributed by atoms with Crippen LogP contribution in [-0.4, -0.2) is 36.1 Å². The zero-order valence-electron chi connectivity index (χ0n) is 11.7. The third-order valence-electron chi connectivity index (χ3n) is 3.78. The van der Waals surface area contributed by atoms with E-state index in [9.17, 15) is 0 Å². The quantitative estimate of drug-likeness (QED) is 0.777. The van der Waals surface area contributed by atoms with Gasteiger partial charge in [-0.15, -0.1) is 0 Å². The van der Waals surface area contributed by atoms with Gasteiger partial charge in [-0.2, -0.15) is 0 Å². The lowest BCUT2D eigenvalue weighted by Crippen LogP contribution is -2.48. The van der Waals surface area contributed by atoms with Gasteiger partial charge < -0.3 is 9.80 Å². The molecule has 0 bridgehead atoms. The predicted molar refractivity (Wildman–Crippen MR) is 93.4 cm³/mol. The minimum Gasteiger partial charge on any atom is -0.368 e. The minimum absolute atomic E-state index is 0.746. The fraction of sp³-hybridized carbons (Fsp3) is 0.235. The first kappa shape index (κ1) is 14.4. The van der Waals surface area contributed by atoms with Crippen molar-refractivity contribution in [1.82, 2.24) is 4.90 Å². The van der Waals surface area contributed by atoms with Crippen molar-refractivity contribution in [3.8, 4) is 0 Å². The highest BCUT2D eigenvalue weighted by Crippen LogP contribution is 2.18. The SMILES string of the molecule is S=C(c1ccc(Cl)cc1)N1CCN(c2ccccc2)CC1. The highest BCUT2D eigenvalue weighted by Gasteiger charge is 2.19. The van der Waals surface area contributed by atoms with E-state index in [1.807, 2.05) is 24.3 Å². The van der Waals surface area contributed by atoms with Crippen LogP contribution in [0.15, 0.2) is 54.6 Å². The third-order valence-corrected chi connectivity index (χ3v) is 4.53. The lowest BCUT2D eigenvalue weighted by atomic mass is 10.2. The molecule has 1 heterocycles. The number of thiocarbonyl (C=S) groups is 1. The van der Waals surface area contributed by atoms with E-state index in [2.05, 4.69) is 40.1 Å². The number of nitrogens with zero attached hydrogens (tertiary/aromatic N) is 2. The average Bonchev–Trinajstić information content (AvgIpc) is 2.56. The van der Waals surface area contributed by atoms with Crippen LogP contribution in [0.4, 0.5) is 5.69 Å². The van der Waals surface area contributed by atoms with E-state index in [1.54, 1.807) is 0 Å². The molecule has 0 N–H and O–H groups in total. The number of para-hydroxylation sites is 1. The van der Waals surface area contributed by atoms with Crippen molar-refractivity contribution in [1.29, 1.82) is 0 Å². The summed E-state index contributed by atoms with van der Waals surface area (Å²) < 4.78 is 0. The maximum Gasteiger partial charge on any atom is 0.109 e. The van der Waals surface area contributed by atoms with E-state index in [-0.39, 0.29) is 0 Å². The average molecular weight is 317 g/mol. The monoisotopic (exact) mass is 316 g/mol. The van der Waals surface area contributed by atoms with Crippen LogP contribution >= 0.6 is 23.8 Å². The molecule has 0 atom stereocenters. The Morgan fingerprint density at radius 1 is 0.857 bits per heavy atom. The second-order valence-electron chi connectivity index (χ2n) is 5.12. The molecule has 1 aliphatic heterocycles. The first-order valence-electron chi connectivity index (χ1n) is 7.09. The zero-order chi connectivity index (χ0) is 14.7. The van der Waals surface area contributed by atoms with Crippen LogP contribution in [0.25, 0.3) is 0 Å². The van der Waals surface area contributed by atoms with E-state index in [0.29, 0.717) is 0 Å². The summed E-state index contributed by atoms with van der Waals surface area (Å²) in [7, 11) is 0. The summed E-state index contributed by atoms with van der Waals surface area (Å²) in [5, 5.41) is 0.746. The molecule has 0 saturated carbocycles. The van der Waals surface area contributed by atoms with E-state index >= 15 is 0 Å². The number of hydrogen-bond acceptors (Lipinski definition) is 2. The Morgan fingerprint density at radius 3 is 2.10 bits per heavy atom. The summed E-state index contributed by atoms with van der Waals surface area (Å²) in [6.45, 7) is 3.90. The first-order chi connectivity index (χ1) is 10.2. The molecule has 0 amide bonds. The molecule has 0 spiro atoms. The summed E-state index contributed by atoms with van der Waals surface area (Å²) in [6, 6.07) is 18.3. The number of benzene rings is 2. The lowest BCUT2D eigenvalue weighted by molar-refractivity contribution is 0.392. The predicted octanol–water partition coefficient (Wildman–Crippen LogP) is 3.84. The molecule has 108 valence electrons. The van der Waals surface area contributed by atoms with Crippen LogP contribution in [-0.2, 0) is 0 Å². The molecule has 2 nitrogen and oxygen atoms in total. The van der Waals surface area contributed by atoms with Gasteiger partial charge in [-0.3, -0.25) is 0 Å². The Bertz CT molecular complexity index is 604. The van der Waals surface area contributed by atoms with Crippen LogP contribution in [0.1, 0.15) is 5.56 Å². The number of piperazine rings is 1. The van der Waals surface area contributed by atoms with E-state index in [0.717, 1.165) is 41.8 Å². The molecule has 2 aromatic carbocycles. The van der Waals surface area contributed by atoms with E-state index in [1.165, 1.54) is 5.69 Å². The summed E-state index contributed by atoms with van der Waals surface area (Å²) >= 11 is 11.5. The Kier molecular flexibility index (Phi) is 4.42. The Balaban J connectivity index is 1.63. The number of halogens is 1. The molecular weight excluding hydrogens is 300 g/mol. The van der Waals surface area contributed by atoms with Crippen molar-refractivity contribution in [2.75, 3.05) is 31.1 Å². The molecule has 0 unspecified atom stereocenters. The van der Waals surface area contributed by atoms with Crippen molar-refractivity contribution in [2.24, 2.45) is 0 Å². The molecule has 1 saturated heterocycles. The molecule has 1 aliphatic rings. The van der Waals surface area contributed by atoms with Crippen LogP contribution in [0.3, 0.4) is 0 Å². The van der Waals surface area contributed by atoms with Gasteiger partial charge in [0.15, 0.2) is 0 Å². The van der Waals surface area contributed by atoms with Gasteiger partial charge in [0.25, 0.3) is 0 Å². The van der Waals surface area contributed by atoms with Crippen LogP contribution < -0.4 is 4.90 Å². The van der Waals surface area contributed by atoms with Gasteiger partial charge in [0.1, 0.15) is 4.99 Å². The molecule has 0 radical (unpaired) electrons. The second kappa shape index (κ2) is 6.46. The largest absolute Gasteiger partial charge is 0.368 e. The molecule has 4 heteroatoms. The lowest BCUT2D eigenvalue weighted by Gasteiger charge is -2.37. The van der Waals surface area contributed by atoms with Gasteiger partial charge >= 0.3 is 0 Å². The van der Waals surface area contributed by atoms with Crippen molar-refractivity contribution < 1.29 is 0 Å². The van der Waals surface area contributed by atoms with Gasteiger partial charge in [-0.1, -0.05) is 54.2 Å². The van der Waals surface area contributed by atoms with Crippen molar-refractivity contribution >= 4 is 34.5 Å². The molecule has 2 aromatic rings. The van der Waals surface area contributed by atoms with Crippen LogP contribution in [0, 0.1) is 0 Å². The van der Waals surface area contributed by atoms with Crippen LogP contribution in [0.2, 0.25) is 5.02 Å². The van der Waals surface area contributed by atoms with Crippen molar-refractivity contribution in [3.05, 3.63) is 65.2 Å². The molecule has 0 aromatic heterocycles. The van der Waals surface area contributed by atoms with Gasteiger partial charge in [0.2, 0.25) is 0 Å². The minimum atomic E-state index is 0.746. The highest BCUT2D eigenvalue weighted by molar-refractivity contribution is 7.80. The fourth-order valence-corrected chi connectivity index (χ4v) is 3.03. The smallest absolute Gasteiger partial charge is 0.109 e. The topological polar surface area (TPSA) is 6.48 Å². The zero-order valence-corrected chi connectivity index (χ0v) is 13.3. The standard InChI is InChI=1S/C17H17ClN2S/c18-15-8-6-14(7-9-15)17(21)20-12-10-19(11-13-20)16-4-2-1-3-5-16/h1-9H,10-13H2. The summed E-state index contributed by atoms with van der Waals surface area (Å²) in [6.07, 6.45) is 0. The number of rotatable bonds is 2. The molecule has 21 heavy (non-hydrogen) atoms. The molecule has 1 fully saturated rings. The second-order valence-corrected chi connectivity index (χ2v) is 5.94. The Labute approximate surface area is 135 Å². The maximum absolute atomic E-state index is 5.93. The normalized spacial score (nSPS) is 15.1.